The summed E-state index contributed by atoms with van der Waals surface area (Å²) in [7, 11) is 0. The number of carbonyl (C=O) groups excluding carboxylic acids is 1. The predicted molar refractivity (Wildman–Crippen MR) is 104 cm³/mol. The lowest BCUT2D eigenvalue weighted by Gasteiger charge is -2.27. The zero-order chi connectivity index (χ0) is 19.3. The van der Waals surface area contributed by atoms with Crippen LogP contribution in [0.1, 0.15) is 31.4 Å². The monoisotopic (exact) mass is 391 g/mol. The van der Waals surface area contributed by atoms with Gasteiger partial charge in [-0.3, -0.25) is 9.48 Å². The highest BCUT2D eigenvalue weighted by Gasteiger charge is 2.32. The summed E-state index contributed by atoms with van der Waals surface area (Å²) in [6.07, 6.45) is 4.02. The molecule has 1 aliphatic rings. The standard InChI is InChI=1S/C20H26ClN3O3/c1-16-6-10-22-24(16)12-7-19(25)23-11-3-8-20(26,9-13-23)15-27-18-5-2-4-17(21)14-18/h2,4-6,10,14,26H,3,7-9,11-13,15H2,1H3. The number of hydrogen-bond donors (Lipinski definition) is 1. The van der Waals surface area contributed by atoms with Crippen LogP contribution in [0.25, 0.3) is 0 Å². The molecule has 2 heterocycles. The summed E-state index contributed by atoms with van der Waals surface area (Å²) in [5, 5.41) is 15.7. The molecule has 1 fully saturated rings. The second-order valence-corrected chi connectivity index (χ2v) is 7.59. The van der Waals surface area contributed by atoms with Crippen LogP contribution in [-0.4, -0.2) is 51.0 Å². The Labute approximate surface area is 164 Å². The van der Waals surface area contributed by atoms with Crippen LogP contribution in [0.3, 0.4) is 0 Å². The summed E-state index contributed by atoms with van der Waals surface area (Å²) < 4.78 is 7.58. The van der Waals surface area contributed by atoms with Crippen LogP contribution in [0.5, 0.6) is 5.75 Å². The third kappa shape index (κ3) is 5.47. The molecule has 2 aromatic rings. The topological polar surface area (TPSA) is 67.6 Å². The molecule has 0 saturated carbocycles. The largest absolute Gasteiger partial charge is 0.491 e. The molecule has 1 unspecified atom stereocenters. The molecule has 1 saturated heterocycles. The molecular formula is C20H26ClN3O3. The van der Waals surface area contributed by atoms with E-state index in [4.69, 9.17) is 16.3 Å². The van der Waals surface area contributed by atoms with Crippen molar-refractivity contribution in [2.75, 3.05) is 19.7 Å². The van der Waals surface area contributed by atoms with Gasteiger partial charge >= 0.3 is 0 Å². The van der Waals surface area contributed by atoms with Crippen molar-refractivity contribution in [3.63, 3.8) is 0 Å². The molecule has 0 aliphatic carbocycles. The van der Waals surface area contributed by atoms with Crippen LogP contribution in [0.4, 0.5) is 0 Å². The van der Waals surface area contributed by atoms with Gasteiger partial charge in [0.05, 0.1) is 0 Å². The van der Waals surface area contributed by atoms with Crippen molar-refractivity contribution < 1.29 is 14.6 Å². The van der Waals surface area contributed by atoms with Crippen LogP contribution in [0.15, 0.2) is 36.5 Å². The first kappa shape index (κ1) is 19.7. The van der Waals surface area contributed by atoms with Crippen LogP contribution in [0.2, 0.25) is 5.02 Å². The summed E-state index contributed by atoms with van der Waals surface area (Å²) in [4.78, 5) is 14.4. The smallest absolute Gasteiger partial charge is 0.224 e. The lowest BCUT2D eigenvalue weighted by atomic mass is 9.96. The molecule has 0 bridgehead atoms. The maximum absolute atomic E-state index is 12.5. The first-order chi connectivity index (χ1) is 13.0. The summed E-state index contributed by atoms with van der Waals surface area (Å²) in [5.74, 6) is 0.743. The van der Waals surface area contributed by atoms with E-state index in [0.717, 1.165) is 12.1 Å². The van der Waals surface area contributed by atoms with Crippen LogP contribution in [0, 0.1) is 6.92 Å². The minimum Gasteiger partial charge on any atom is -0.491 e. The zero-order valence-electron chi connectivity index (χ0n) is 15.6. The summed E-state index contributed by atoms with van der Waals surface area (Å²) in [6.45, 7) is 3.95. The van der Waals surface area contributed by atoms with E-state index in [2.05, 4.69) is 5.10 Å². The van der Waals surface area contributed by atoms with Gasteiger partial charge in [0, 0.05) is 43.0 Å². The van der Waals surface area contributed by atoms with E-state index in [1.54, 1.807) is 18.3 Å². The Bertz CT molecular complexity index is 779. The highest BCUT2D eigenvalue weighted by Crippen LogP contribution is 2.25. The molecule has 0 spiro atoms. The highest BCUT2D eigenvalue weighted by molar-refractivity contribution is 6.30. The lowest BCUT2D eigenvalue weighted by Crippen LogP contribution is -2.38. The number of aryl methyl sites for hydroxylation is 2. The minimum absolute atomic E-state index is 0.102. The number of aromatic nitrogens is 2. The second kappa shape index (κ2) is 8.76. The first-order valence-corrected chi connectivity index (χ1v) is 9.70. The fraction of sp³-hybridized carbons (Fsp3) is 0.500. The molecule has 1 amide bonds. The molecule has 3 rings (SSSR count). The Morgan fingerprint density at radius 1 is 1.33 bits per heavy atom. The number of ether oxygens (including phenoxy) is 1. The Morgan fingerprint density at radius 3 is 2.93 bits per heavy atom. The molecule has 1 aromatic heterocycles. The Balaban J connectivity index is 1.50. The van der Waals surface area contributed by atoms with E-state index in [-0.39, 0.29) is 12.5 Å². The number of halogens is 1. The van der Waals surface area contributed by atoms with Gasteiger partial charge in [-0.25, -0.2) is 0 Å². The third-order valence-corrected chi connectivity index (χ3v) is 5.28. The number of hydrogen-bond acceptors (Lipinski definition) is 4. The zero-order valence-corrected chi connectivity index (χ0v) is 16.4. The summed E-state index contributed by atoms with van der Waals surface area (Å²) >= 11 is 5.96. The van der Waals surface area contributed by atoms with E-state index in [0.29, 0.717) is 49.7 Å². The van der Waals surface area contributed by atoms with Gasteiger partial charge in [0.1, 0.15) is 18.0 Å². The number of amides is 1. The molecule has 1 atom stereocenters. The van der Waals surface area contributed by atoms with E-state index in [1.807, 2.05) is 34.7 Å². The maximum Gasteiger partial charge on any atom is 0.224 e. The number of benzene rings is 1. The van der Waals surface area contributed by atoms with Gasteiger partial charge in [-0.1, -0.05) is 17.7 Å². The number of rotatable bonds is 6. The van der Waals surface area contributed by atoms with E-state index >= 15 is 0 Å². The Kier molecular flexibility index (Phi) is 6.39. The number of carbonyl (C=O) groups is 1. The normalized spacial score (nSPS) is 20.3. The summed E-state index contributed by atoms with van der Waals surface area (Å²) in [5.41, 5.74) is 0.113. The summed E-state index contributed by atoms with van der Waals surface area (Å²) in [6, 6.07) is 9.07. The van der Waals surface area contributed by atoms with Crippen molar-refractivity contribution in [3.8, 4) is 5.75 Å². The molecule has 1 aromatic carbocycles. The fourth-order valence-corrected chi connectivity index (χ4v) is 3.52. The number of aliphatic hydroxyl groups is 1. The average Bonchev–Trinajstić information content (AvgIpc) is 2.95. The molecule has 7 heteroatoms. The van der Waals surface area contributed by atoms with Crippen LogP contribution in [-0.2, 0) is 11.3 Å². The third-order valence-electron chi connectivity index (χ3n) is 5.04. The quantitative estimate of drug-likeness (QED) is 0.821. The molecule has 6 nitrogen and oxygen atoms in total. The van der Waals surface area contributed by atoms with Crippen molar-refractivity contribution in [2.45, 2.75) is 44.8 Å². The van der Waals surface area contributed by atoms with E-state index in [1.165, 1.54) is 0 Å². The van der Waals surface area contributed by atoms with Crippen molar-refractivity contribution in [2.24, 2.45) is 0 Å². The SMILES string of the molecule is Cc1ccnn1CCC(=O)N1CCCC(O)(COc2cccc(Cl)c2)CC1. The van der Waals surface area contributed by atoms with Gasteiger partial charge in [-0.2, -0.15) is 5.10 Å². The van der Waals surface area contributed by atoms with Crippen molar-refractivity contribution in [3.05, 3.63) is 47.2 Å². The average molecular weight is 392 g/mol. The van der Waals surface area contributed by atoms with Gasteiger partial charge in [-0.05, 0) is 50.5 Å². The van der Waals surface area contributed by atoms with Crippen LogP contribution >= 0.6 is 11.6 Å². The van der Waals surface area contributed by atoms with Gasteiger partial charge in [-0.15, -0.1) is 0 Å². The molecule has 0 radical (unpaired) electrons. The first-order valence-electron chi connectivity index (χ1n) is 9.32. The van der Waals surface area contributed by atoms with E-state index < -0.39 is 5.60 Å². The molecule has 1 N–H and O–H groups in total. The predicted octanol–water partition coefficient (Wildman–Crippen LogP) is 3.06. The van der Waals surface area contributed by atoms with Crippen molar-refractivity contribution in [1.29, 1.82) is 0 Å². The van der Waals surface area contributed by atoms with Gasteiger partial charge in [0.15, 0.2) is 0 Å². The Hall–Kier alpha value is -2.05. The fourth-order valence-electron chi connectivity index (χ4n) is 3.34. The molecule has 146 valence electrons. The minimum atomic E-state index is -0.935. The molecule has 27 heavy (non-hydrogen) atoms. The second-order valence-electron chi connectivity index (χ2n) is 7.15. The van der Waals surface area contributed by atoms with Crippen molar-refractivity contribution in [1.82, 2.24) is 14.7 Å². The lowest BCUT2D eigenvalue weighted by molar-refractivity contribution is -0.131. The highest BCUT2D eigenvalue weighted by atomic mass is 35.5. The van der Waals surface area contributed by atoms with Crippen LogP contribution < -0.4 is 4.74 Å². The Morgan fingerprint density at radius 2 is 2.19 bits per heavy atom. The van der Waals surface area contributed by atoms with Crippen molar-refractivity contribution >= 4 is 17.5 Å². The number of nitrogens with zero attached hydrogens (tertiary/aromatic N) is 3. The maximum atomic E-state index is 12.5. The molecule has 1 aliphatic heterocycles. The van der Waals surface area contributed by atoms with Gasteiger partial charge < -0.3 is 14.7 Å². The van der Waals surface area contributed by atoms with E-state index in [9.17, 15) is 9.90 Å². The molecular weight excluding hydrogens is 366 g/mol. The number of likely N-dealkylation sites (tertiary alicyclic amines) is 1. The van der Waals surface area contributed by atoms with Gasteiger partial charge in [0.2, 0.25) is 5.91 Å². The van der Waals surface area contributed by atoms with Gasteiger partial charge in [0.25, 0.3) is 0 Å².